The van der Waals surface area contributed by atoms with Crippen molar-refractivity contribution in [2.24, 2.45) is 0 Å². The van der Waals surface area contributed by atoms with Gasteiger partial charge in [0.25, 0.3) is 0 Å². The van der Waals surface area contributed by atoms with Crippen molar-refractivity contribution >= 4 is 16.4 Å². The molecule has 0 radical (unpaired) electrons. The van der Waals surface area contributed by atoms with Gasteiger partial charge in [-0.2, -0.15) is 8.42 Å². The van der Waals surface area contributed by atoms with E-state index in [0.29, 0.717) is 5.56 Å². The summed E-state index contributed by atoms with van der Waals surface area (Å²) in [5.41, 5.74) is 0.472. The highest BCUT2D eigenvalue weighted by Crippen LogP contribution is 2.44. The minimum absolute atomic E-state index is 0.0914. The molecular formula is C22H24O15S. The minimum atomic E-state index is -5.03. The Bertz CT molecular complexity index is 1310. The number of aliphatic carboxylic acids is 1. The molecule has 38 heavy (non-hydrogen) atoms. The second-order valence-electron chi connectivity index (χ2n) is 8.50. The zero-order chi connectivity index (χ0) is 27.9. The second kappa shape index (κ2) is 10.4. The summed E-state index contributed by atoms with van der Waals surface area (Å²) in [5.74, 6) is -2.68. The van der Waals surface area contributed by atoms with Crippen LogP contribution < -0.4 is 18.4 Å². The minimum Gasteiger partial charge on any atom is -0.504 e. The zero-order valence-electron chi connectivity index (χ0n) is 19.4. The van der Waals surface area contributed by atoms with E-state index < -0.39 is 65.0 Å². The molecular weight excluding hydrogens is 536 g/mol. The monoisotopic (exact) mass is 560 g/mol. The van der Waals surface area contributed by atoms with Gasteiger partial charge in [0.2, 0.25) is 6.29 Å². The third-order valence-electron chi connectivity index (χ3n) is 5.95. The number of rotatable bonds is 7. The largest absolute Gasteiger partial charge is 0.504 e. The Labute approximate surface area is 214 Å². The number of phenolic OH excluding ortho intramolecular Hbond substituents is 1. The standard InChI is InChI=1S/C22H24O15S/c1-33-15-4-8(2-3-11(15)23)19-12(24)7-10-13(34-19)5-9(37-38(30,31)32)6-14(10)35-22-18(27)16(25)17(26)20(36-22)21(28)29/h2-6,12,16-20,22-27H,7H2,1H3,(H,28,29)(H,30,31,32)/t12-,16+,17+,18-,19-,20+,22-/m1/s1. The summed E-state index contributed by atoms with van der Waals surface area (Å²) in [6.45, 7) is 0. The highest BCUT2D eigenvalue weighted by Gasteiger charge is 2.48. The molecule has 2 aliphatic heterocycles. The van der Waals surface area contributed by atoms with Crippen molar-refractivity contribution in [3.8, 4) is 28.7 Å². The Morgan fingerprint density at radius 1 is 1.03 bits per heavy atom. The molecule has 0 bridgehead atoms. The quantitative estimate of drug-likeness (QED) is 0.199. The summed E-state index contributed by atoms with van der Waals surface area (Å²) in [6, 6.07) is 6.19. The lowest BCUT2D eigenvalue weighted by Gasteiger charge is -2.39. The van der Waals surface area contributed by atoms with Crippen LogP contribution in [0.2, 0.25) is 0 Å². The summed E-state index contributed by atoms with van der Waals surface area (Å²) >= 11 is 0. The van der Waals surface area contributed by atoms with E-state index in [9.17, 15) is 43.9 Å². The van der Waals surface area contributed by atoms with Gasteiger partial charge in [-0.25, -0.2) is 4.79 Å². The van der Waals surface area contributed by atoms with Crippen LogP contribution in [0.5, 0.6) is 28.7 Å². The van der Waals surface area contributed by atoms with E-state index in [1.54, 1.807) is 0 Å². The van der Waals surface area contributed by atoms with Crippen molar-refractivity contribution in [3.63, 3.8) is 0 Å². The number of aliphatic hydroxyl groups excluding tert-OH is 4. The van der Waals surface area contributed by atoms with Gasteiger partial charge in [-0.05, 0) is 17.7 Å². The Hall–Kier alpha value is -3.38. The molecule has 15 nitrogen and oxygen atoms in total. The number of ether oxygens (including phenoxy) is 4. The predicted molar refractivity (Wildman–Crippen MR) is 121 cm³/mol. The number of hydrogen-bond donors (Lipinski definition) is 7. The summed E-state index contributed by atoms with van der Waals surface area (Å²) in [4.78, 5) is 11.4. The number of carbonyl (C=O) groups is 1. The van der Waals surface area contributed by atoms with Gasteiger partial charge in [0, 0.05) is 24.1 Å². The normalized spacial score (nSPS) is 29.1. The average molecular weight is 560 g/mol. The molecule has 16 heteroatoms. The average Bonchev–Trinajstić information content (AvgIpc) is 2.83. The Morgan fingerprint density at radius 2 is 1.74 bits per heavy atom. The molecule has 2 aromatic carbocycles. The van der Waals surface area contributed by atoms with Gasteiger partial charge in [0.1, 0.15) is 35.9 Å². The van der Waals surface area contributed by atoms with Gasteiger partial charge < -0.3 is 53.8 Å². The van der Waals surface area contributed by atoms with Crippen LogP contribution in [0, 0.1) is 0 Å². The van der Waals surface area contributed by atoms with Crippen molar-refractivity contribution in [1.29, 1.82) is 0 Å². The van der Waals surface area contributed by atoms with E-state index in [2.05, 4.69) is 4.18 Å². The summed E-state index contributed by atoms with van der Waals surface area (Å²) in [6.07, 6.45) is -12.3. The topological polar surface area (TPSA) is 239 Å². The molecule has 208 valence electrons. The maximum absolute atomic E-state index is 11.4. The fraction of sp³-hybridized carbons (Fsp3) is 0.409. The van der Waals surface area contributed by atoms with Crippen LogP contribution in [-0.4, -0.2) is 93.5 Å². The van der Waals surface area contributed by atoms with E-state index in [0.717, 1.165) is 12.1 Å². The molecule has 4 rings (SSSR count). The number of carboxylic acids is 1. The van der Waals surface area contributed by atoms with Gasteiger partial charge >= 0.3 is 16.4 Å². The lowest BCUT2D eigenvalue weighted by atomic mass is 9.93. The van der Waals surface area contributed by atoms with Crippen molar-refractivity contribution in [3.05, 3.63) is 41.5 Å². The molecule has 1 fully saturated rings. The fourth-order valence-corrected chi connectivity index (χ4v) is 4.48. The van der Waals surface area contributed by atoms with Crippen LogP contribution in [0.25, 0.3) is 0 Å². The SMILES string of the molecule is COc1cc([C@H]2Oc3cc(OS(=O)(=O)O)cc(O[C@@H]4O[C@H](C(=O)O)[C@@H](O)[C@H](O)[C@H]4O)c3C[C@H]2O)ccc1O. The molecule has 0 spiro atoms. The summed E-state index contributed by atoms with van der Waals surface area (Å²) in [7, 11) is -3.71. The first kappa shape index (κ1) is 27.6. The van der Waals surface area contributed by atoms with Gasteiger partial charge in [0.05, 0.1) is 13.2 Å². The zero-order valence-corrected chi connectivity index (χ0v) is 20.3. The molecule has 7 atom stereocenters. The third kappa shape index (κ3) is 5.56. The molecule has 0 aliphatic carbocycles. The Balaban J connectivity index is 1.72. The first-order chi connectivity index (χ1) is 17.8. The second-order valence-corrected chi connectivity index (χ2v) is 9.53. The van der Waals surface area contributed by atoms with Gasteiger partial charge in [-0.15, -0.1) is 0 Å². The smallest absolute Gasteiger partial charge is 0.446 e. The van der Waals surface area contributed by atoms with Crippen LogP contribution in [0.1, 0.15) is 17.2 Å². The number of methoxy groups -OCH3 is 1. The first-order valence-electron chi connectivity index (χ1n) is 10.9. The Kier molecular flexibility index (Phi) is 7.57. The lowest BCUT2D eigenvalue weighted by Crippen LogP contribution is -2.61. The first-order valence-corrected chi connectivity index (χ1v) is 12.3. The van der Waals surface area contributed by atoms with Gasteiger partial charge in [-0.1, -0.05) is 6.07 Å². The highest BCUT2D eigenvalue weighted by molar-refractivity contribution is 7.81. The number of hydrogen-bond acceptors (Lipinski definition) is 13. The van der Waals surface area contributed by atoms with E-state index in [1.165, 1.54) is 25.3 Å². The highest BCUT2D eigenvalue weighted by atomic mass is 32.3. The number of aromatic hydroxyl groups is 1. The van der Waals surface area contributed by atoms with E-state index in [1.807, 2.05) is 0 Å². The molecule has 2 aliphatic rings. The van der Waals surface area contributed by atoms with Crippen LogP contribution in [0.15, 0.2) is 30.3 Å². The maximum atomic E-state index is 11.4. The maximum Gasteiger partial charge on any atom is 0.446 e. The van der Waals surface area contributed by atoms with E-state index >= 15 is 0 Å². The number of carboxylic acid groups (broad SMARTS) is 1. The van der Waals surface area contributed by atoms with Crippen LogP contribution in [0.4, 0.5) is 0 Å². The number of phenols is 1. The molecule has 2 heterocycles. The van der Waals surface area contributed by atoms with Crippen LogP contribution >= 0.6 is 0 Å². The van der Waals surface area contributed by atoms with Crippen molar-refractivity contribution in [1.82, 2.24) is 0 Å². The number of aliphatic hydroxyl groups is 4. The third-order valence-corrected chi connectivity index (χ3v) is 6.35. The molecule has 0 amide bonds. The molecule has 0 unspecified atom stereocenters. The molecule has 0 aromatic heterocycles. The van der Waals surface area contributed by atoms with Crippen molar-refractivity contribution in [2.45, 2.75) is 49.3 Å². The molecule has 1 saturated heterocycles. The number of fused-ring (bicyclic) bond motifs is 1. The van der Waals surface area contributed by atoms with Crippen molar-refractivity contribution in [2.75, 3.05) is 7.11 Å². The lowest BCUT2D eigenvalue weighted by molar-refractivity contribution is -0.271. The molecule has 0 saturated carbocycles. The fourth-order valence-electron chi connectivity index (χ4n) is 4.14. The predicted octanol–water partition coefficient (Wildman–Crippen LogP) is -1.11. The Morgan fingerprint density at radius 3 is 2.37 bits per heavy atom. The summed E-state index contributed by atoms with van der Waals surface area (Å²) < 4.78 is 57.9. The summed E-state index contributed by atoms with van der Waals surface area (Å²) in [5, 5.41) is 60.2. The molecule has 7 N–H and O–H groups in total. The van der Waals surface area contributed by atoms with E-state index in [-0.39, 0.29) is 35.0 Å². The molecule has 2 aromatic rings. The van der Waals surface area contributed by atoms with Crippen molar-refractivity contribution < 1.29 is 71.5 Å². The van der Waals surface area contributed by atoms with Gasteiger partial charge in [-0.3, -0.25) is 4.55 Å². The van der Waals surface area contributed by atoms with Crippen LogP contribution in [0.3, 0.4) is 0 Å². The number of benzene rings is 2. The van der Waals surface area contributed by atoms with Gasteiger partial charge in [0.15, 0.2) is 23.4 Å². The van der Waals surface area contributed by atoms with E-state index in [4.69, 9.17) is 23.5 Å². The van der Waals surface area contributed by atoms with Crippen LogP contribution in [-0.2, 0) is 26.4 Å².